The Morgan fingerprint density at radius 2 is 1.77 bits per heavy atom. The lowest BCUT2D eigenvalue weighted by Gasteiger charge is -2.32. The van der Waals surface area contributed by atoms with E-state index in [9.17, 15) is 4.79 Å². The molecule has 4 heterocycles. The van der Waals surface area contributed by atoms with Gasteiger partial charge in [0, 0.05) is 62.8 Å². The van der Waals surface area contributed by atoms with Gasteiger partial charge < -0.3 is 9.80 Å². The SMILES string of the molecule is CN1CCN(C(=O)Cc2cc3cc(-c4cnn(C)c4)ncc3cn2)CC1. The lowest BCUT2D eigenvalue weighted by atomic mass is 10.1. The Bertz CT molecular complexity index is 942. The summed E-state index contributed by atoms with van der Waals surface area (Å²) < 4.78 is 1.76. The van der Waals surface area contributed by atoms with Gasteiger partial charge in [-0.1, -0.05) is 0 Å². The minimum Gasteiger partial charge on any atom is -0.340 e. The van der Waals surface area contributed by atoms with Crippen LogP contribution in [0.4, 0.5) is 0 Å². The molecule has 3 aromatic rings. The highest BCUT2D eigenvalue weighted by Gasteiger charge is 2.19. The first-order chi connectivity index (χ1) is 12.6. The number of hydrogen-bond acceptors (Lipinski definition) is 5. The van der Waals surface area contributed by atoms with Gasteiger partial charge in [-0.25, -0.2) is 0 Å². The number of aryl methyl sites for hydroxylation is 1. The Kier molecular flexibility index (Phi) is 4.38. The molecule has 7 heteroatoms. The number of aromatic nitrogens is 4. The van der Waals surface area contributed by atoms with Crippen molar-refractivity contribution in [3.8, 4) is 11.3 Å². The molecule has 1 saturated heterocycles. The molecule has 1 fully saturated rings. The molecule has 0 spiro atoms. The molecule has 0 bridgehead atoms. The van der Waals surface area contributed by atoms with Crippen LogP contribution in [0, 0.1) is 0 Å². The summed E-state index contributed by atoms with van der Waals surface area (Å²) in [7, 11) is 3.97. The molecule has 0 radical (unpaired) electrons. The minimum absolute atomic E-state index is 0.145. The number of piperazine rings is 1. The van der Waals surface area contributed by atoms with E-state index < -0.39 is 0 Å². The first-order valence-corrected chi connectivity index (χ1v) is 8.78. The summed E-state index contributed by atoms with van der Waals surface area (Å²) in [6, 6.07) is 4.02. The first kappa shape index (κ1) is 16.7. The molecule has 1 aliphatic heterocycles. The van der Waals surface area contributed by atoms with Gasteiger partial charge >= 0.3 is 0 Å². The number of likely N-dealkylation sites (N-methyl/N-ethyl adjacent to an activating group) is 1. The van der Waals surface area contributed by atoms with Crippen molar-refractivity contribution in [1.29, 1.82) is 0 Å². The van der Waals surface area contributed by atoms with Crippen molar-refractivity contribution in [3.63, 3.8) is 0 Å². The summed E-state index contributed by atoms with van der Waals surface area (Å²) in [5, 5.41) is 6.20. The van der Waals surface area contributed by atoms with Crippen molar-refractivity contribution in [2.24, 2.45) is 7.05 Å². The van der Waals surface area contributed by atoms with E-state index in [1.807, 2.05) is 36.5 Å². The monoisotopic (exact) mass is 350 g/mol. The van der Waals surface area contributed by atoms with Crippen LogP contribution in [0.3, 0.4) is 0 Å². The lowest BCUT2D eigenvalue weighted by Crippen LogP contribution is -2.47. The second-order valence-corrected chi connectivity index (χ2v) is 6.86. The molecule has 0 saturated carbocycles. The molecule has 0 atom stereocenters. The van der Waals surface area contributed by atoms with E-state index in [2.05, 4.69) is 27.0 Å². The molecule has 7 nitrogen and oxygen atoms in total. The molecule has 0 aliphatic carbocycles. The molecule has 4 rings (SSSR count). The van der Waals surface area contributed by atoms with Gasteiger partial charge in [0.2, 0.25) is 5.91 Å². The number of amides is 1. The van der Waals surface area contributed by atoms with E-state index >= 15 is 0 Å². The van der Waals surface area contributed by atoms with E-state index in [4.69, 9.17) is 0 Å². The van der Waals surface area contributed by atoms with Gasteiger partial charge in [0.15, 0.2) is 0 Å². The highest BCUT2D eigenvalue weighted by atomic mass is 16.2. The average molecular weight is 350 g/mol. The van der Waals surface area contributed by atoms with Crippen molar-refractivity contribution in [2.45, 2.75) is 6.42 Å². The average Bonchev–Trinajstić information content (AvgIpc) is 3.08. The highest BCUT2D eigenvalue weighted by Crippen LogP contribution is 2.22. The first-order valence-electron chi connectivity index (χ1n) is 8.78. The third-order valence-electron chi connectivity index (χ3n) is 4.85. The summed E-state index contributed by atoms with van der Waals surface area (Å²) in [6.45, 7) is 3.43. The third-order valence-corrected chi connectivity index (χ3v) is 4.85. The fourth-order valence-electron chi connectivity index (χ4n) is 3.21. The van der Waals surface area contributed by atoms with Crippen LogP contribution in [0.15, 0.2) is 36.9 Å². The molecule has 0 aromatic carbocycles. The fourth-order valence-corrected chi connectivity index (χ4v) is 3.21. The number of nitrogens with zero attached hydrogens (tertiary/aromatic N) is 6. The maximum atomic E-state index is 12.5. The Balaban J connectivity index is 1.55. The van der Waals surface area contributed by atoms with E-state index in [0.717, 1.165) is 53.9 Å². The second kappa shape index (κ2) is 6.84. The van der Waals surface area contributed by atoms with Crippen molar-refractivity contribution in [3.05, 3.63) is 42.6 Å². The normalized spacial score (nSPS) is 15.5. The number of carbonyl (C=O) groups is 1. The predicted molar refractivity (Wildman–Crippen MR) is 99.5 cm³/mol. The number of pyridine rings is 2. The molecule has 0 unspecified atom stereocenters. The van der Waals surface area contributed by atoms with Crippen LogP contribution in [0.1, 0.15) is 5.69 Å². The Hall–Kier alpha value is -2.80. The molecule has 1 aliphatic rings. The van der Waals surface area contributed by atoms with Gasteiger partial charge in [-0.3, -0.25) is 19.4 Å². The molecule has 3 aromatic heterocycles. The zero-order valence-electron chi connectivity index (χ0n) is 15.1. The summed E-state index contributed by atoms with van der Waals surface area (Å²) >= 11 is 0. The maximum Gasteiger partial charge on any atom is 0.228 e. The zero-order chi connectivity index (χ0) is 18.1. The predicted octanol–water partition coefficient (Wildman–Crippen LogP) is 1.35. The molecular weight excluding hydrogens is 328 g/mol. The Labute approximate surface area is 152 Å². The quantitative estimate of drug-likeness (QED) is 0.713. The van der Waals surface area contributed by atoms with Crippen molar-refractivity contribution in [2.75, 3.05) is 33.2 Å². The summed E-state index contributed by atoms with van der Waals surface area (Å²) in [4.78, 5) is 25.7. The van der Waals surface area contributed by atoms with Crippen molar-refractivity contribution < 1.29 is 4.79 Å². The number of hydrogen-bond donors (Lipinski definition) is 0. The van der Waals surface area contributed by atoms with Gasteiger partial charge in [0.25, 0.3) is 0 Å². The van der Waals surface area contributed by atoms with Gasteiger partial charge in [-0.2, -0.15) is 5.10 Å². The molecular formula is C19H22N6O. The number of rotatable bonds is 3. The van der Waals surface area contributed by atoms with Crippen molar-refractivity contribution in [1.82, 2.24) is 29.5 Å². The van der Waals surface area contributed by atoms with Gasteiger partial charge in [-0.15, -0.1) is 0 Å². The summed E-state index contributed by atoms with van der Waals surface area (Å²) in [6.07, 6.45) is 7.68. The molecule has 0 N–H and O–H groups in total. The standard InChI is InChI=1S/C19H22N6O/c1-23-3-5-25(6-4-23)19(26)9-17-7-14-8-18(16-12-22-24(2)13-16)21-11-15(14)10-20-17/h7-8,10-13H,3-6,9H2,1-2H3. The van der Waals surface area contributed by atoms with Gasteiger partial charge in [0.05, 0.1) is 24.0 Å². The van der Waals surface area contributed by atoms with E-state index in [0.29, 0.717) is 6.42 Å². The van der Waals surface area contributed by atoms with Crippen LogP contribution in [0.5, 0.6) is 0 Å². The summed E-state index contributed by atoms with van der Waals surface area (Å²) in [5.41, 5.74) is 2.64. The third kappa shape index (κ3) is 3.43. The van der Waals surface area contributed by atoms with E-state index in [-0.39, 0.29) is 5.91 Å². The number of carbonyl (C=O) groups excluding carboxylic acids is 1. The Morgan fingerprint density at radius 3 is 2.50 bits per heavy atom. The molecule has 134 valence electrons. The highest BCUT2D eigenvalue weighted by molar-refractivity contribution is 5.86. The Morgan fingerprint density at radius 1 is 1.00 bits per heavy atom. The van der Waals surface area contributed by atoms with Crippen LogP contribution in [0.2, 0.25) is 0 Å². The van der Waals surface area contributed by atoms with Crippen LogP contribution < -0.4 is 0 Å². The van der Waals surface area contributed by atoms with Crippen molar-refractivity contribution >= 4 is 16.7 Å². The van der Waals surface area contributed by atoms with Crippen LogP contribution in [-0.2, 0) is 18.3 Å². The van der Waals surface area contributed by atoms with Gasteiger partial charge in [0.1, 0.15) is 0 Å². The maximum absolute atomic E-state index is 12.5. The smallest absolute Gasteiger partial charge is 0.228 e. The van der Waals surface area contributed by atoms with E-state index in [1.54, 1.807) is 17.1 Å². The second-order valence-electron chi connectivity index (χ2n) is 6.86. The summed E-state index contributed by atoms with van der Waals surface area (Å²) in [5.74, 6) is 0.145. The largest absolute Gasteiger partial charge is 0.340 e. The minimum atomic E-state index is 0.145. The van der Waals surface area contributed by atoms with E-state index in [1.165, 1.54) is 0 Å². The van der Waals surface area contributed by atoms with Crippen LogP contribution >= 0.6 is 0 Å². The zero-order valence-corrected chi connectivity index (χ0v) is 15.1. The number of fused-ring (bicyclic) bond motifs is 1. The van der Waals surface area contributed by atoms with Gasteiger partial charge in [-0.05, 0) is 24.6 Å². The van der Waals surface area contributed by atoms with Crippen LogP contribution in [0.25, 0.3) is 22.0 Å². The van der Waals surface area contributed by atoms with Crippen LogP contribution in [-0.4, -0.2) is 68.7 Å². The lowest BCUT2D eigenvalue weighted by molar-refractivity contribution is -0.132. The molecule has 1 amide bonds. The topological polar surface area (TPSA) is 67.2 Å². The fraction of sp³-hybridized carbons (Fsp3) is 0.368. The molecule has 26 heavy (non-hydrogen) atoms.